The van der Waals surface area contributed by atoms with Gasteiger partial charge in [-0.1, -0.05) is 109 Å². The van der Waals surface area contributed by atoms with Gasteiger partial charge in [-0.15, -0.1) is 0 Å². The third kappa shape index (κ3) is 5.97. The third-order valence-electron chi connectivity index (χ3n) is 4.80. The third-order valence-corrected chi connectivity index (χ3v) is 4.80. The first-order chi connectivity index (χ1) is 15.4. The van der Waals surface area contributed by atoms with Crippen molar-refractivity contribution < 1.29 is 4.74 Å². The van der Waals surface area contributed by atoms with Crippen molar-refractivity contribution in [1.29, 1.82) is 0 Å². The Morgan fingerprint density at radius 1 is 0.419 bits per heavy atom. The molecule has 4 aromatic rings. The second kappa shape index (κ2) is 10.7. The molecule has 0 N–H and O–H groups in total. The van der Waals surface area contributed by atoms with Gasteiger partial charge >= 0.3 is 0 Å². The van der Waals surface area contributed by atoms with Crippen molar-refractivity contribution in [2.45, 2.75) is 0 Å². The molecule has 0 aliphatic heterocycles. The quantitative estimate of drug-likeness (QED) is 0.284. The molecule has 0 unspecified atom stereocenters. The molecule has 0 atom stereocenters. The van der Waals surface area contributed by atoms with Gasteiger partial charge in [0.2, 0.25) is 0 Å². The first kappa shape index (κ1) is 20.2. The van der Waals surface area contributed by atoms with E-state index in [2.05, 4.69) is 72.2 Å². The van der Waals surface area contributed by atoms with E-state index >= 15 is 0 Å². The van der Waals surface area contributed by atoms with Crippen LogP contribution in [0, 0.1) is 23.7 Å². The van der Waals surface area contributed by atoms with Crippen LogP contribution in [0.2, 0.25) is 0 Å². The summed E-state index contributed by atoms with van der Waals surface area (Å²) < 4.78 is 5.52. The monoisotopic (exact) mass is 398 g/mol. The maximum atomic E-state index is 5.52. The van der Waals surface area contributed by atoms with Crippen molar-refractivity contribution in [1.82, 2.24) is 0 Å². The molecule has 0 saturated heterocycles. The summed E-state index contributed by atoms with van der Waals surface area (Å²) in [7, 11) is 0. The van der Waals surface area contributed by atoms with Gasteiger partial charge in [-0.25, -0.2) is 0 Å². The Bertz CT molecular complexity index is 1110. The van der Waals surface area contributed by atoms with Crippen LogP contribution in [0.1, 0.15) is 11.1 Å². The van der Waals surface area contributed by atoms with Gasteiger partial charge in [-0.3, -0.25) is 0 Å². The van der Waals surface area contributed by atoms with Crippen molar-refractivity contribution in [3.63, 3.8) is 0 Å². The molecule has 0 aliphatic rings. The van der Waals surface area contributed by atoms with E-state index in [1.807, 2.05) is 60.7 Å². The summed E-state index contributed by atoms with van der Waals surface area (Å²) in [5, 5.41) is 0. The molecule has 0 aromatic heterocycles. The van der Waals surface area contributed by atoms with Crippen LogP contribution in [0.3, 0.4) is 0 Å². The summed E-state index contributed by atoms with van der Waals surface area (Å²) in [5.74, 6) is 12.4. The van der Waals surface area contributed by atoms with Crippen LogP contribution < -0.4 is 0 Å². The van der Waals surface area contributed by atoms with Crippen LogP contribution in [0.4, 0.5) is 0 Å². The molecule has 0 spiro atoms. The lowest BCUT2D eigenvalue weighted by atomic mass is 10.0. The average molecular weight is 399 g/mol. The molecule has 0 fully saturated rings. The zero-order valence-corrected chi connectivity index (χ0v) is 17.2. The number of ether oxygens (including phenoxy) is 1. The van der Waals surface area contributed by atoms with Crippen LogP contribution >= 0.6 is 0 Å². The van der Waals surface area contributed by atoms with E-state index < -0.39 is 0 Å². The summed E-state index contributed by atoms with van der Waals surface area (Å²) >= 11 is 0. The Balaban J connectivity index is 1.23. The lowest BCUT2D eigenvalue weighted by Gasteiger charge is -2.01. The zero-order chi connectivity index (χ0) is 21.1. The minimum Gasteiger partial charge on any atom is -0.356 e. The highest BCUT2D eigenvalue weighted by atomic mass is 16.5. The SMILES string of the molecule is C(#Cc1ccc(-c2ccccc2)cc1)COCC#Cc1ccc(-c2ccccc2)cc1. The number of hydrogen-bond acceptors (Lipinski definition) is 1. The predicted octanol–water partition coefficient (Wildman–Crippen LogP) is 6.44. The van der Waals surface area contributed by atoms with E-state index in [9.17, 15) is 0 Å². The van der Waals surface area contributed by atoms with E-state index in [4.69, 9.17) is 4.74 Å². The molecule has 0 aliphatic carbocycles. The second-order valence-corrected chi connectivity index (χ2v) is 6.98. The lowest BCUT2D eigenvalue weighted by Crippen LogP contribution is -1.91. The van der Waals surface area contributed by atoms with Gasteiger partial charge in [0.15, 0.2) is 0 Å². The smallest absolute Gasteiger partial charge is 0.109 e. The molecule has 0 heterocycles. The number of hydrogen-bond donors (Lipinski definition) is 0. The Morgan fingerprint density at radius 2 is 0.774 bits per heavy atom. The fraction of sp³-hybridized carbons (Fsp3) is 0.0667. The summed E-state index contributed by atoms with van der Waals surface area (Å²) in [6.45, 7) is 0.726. The minimum absolute atomic E-state index is 0.363. The van der Waals surface area contributed by atoms with E-state index in [0.29, 0.717) is 13.2 Å². The Morgan fingerprint density at radius 3 is 1.16 bits per heavy atom. The molecule has 0 bridgehead atoms. The summed E-state index contributed by atoms with van der Waals surface area (Å²) in [6, 6.07) is 37.2. The van der Waals surface area contributed by atoms with Gasteiger partial charge in [-0.2, -0.15) is 0 Å². The van der Waals surface area contributed by atoms with Crippen molar-refractivity contribution in [2.24, 2.45) is 0 Å². The summed E-state index contributed by atoms with van der Waals surface area (Å²) in [5.41, 5.74) is 6.75. The first-order valence-electron chi connectivity index (χ1n) is 10.2. The van der Waals surface area contributed by atoms with Gasteiger partial charge in [-0.05, 0) is 46.5 Å². The molecule has 4 aromatic carbocycles. The molecule has 31 heavy (non-hydrogen) atoms. The zero-order valence-electron chi connectivity index (χ0n) is 17.2. The molecular weight excluding hydrogens is 376 g/mol. The largest absolute Gasteiger partial charge is 0.356 e. The highest BCUT2D eigenvalue weighted by molar-refractivity contribution is 5.65. The maximum Gasteiger partial charge on any atom is 0.109 e. The number of benzene rings is 4. The van der Waals surface area contributed by atoms with Gasteiger partial charge in [0.25, 0.3) is 0 Å². The van der Waals surface area contributed by atoms with Crippen LogP contribution in [0.15, 0.2) is 109 Å². The molecule has 0 saturated carbocycles. The average Bonchev–Trinajstić information content (AvgIpc) is 2.85. The molecule has 1 heteroatoms. The molecule has 0 amide bonds. The predicted molar refractivity (Wildman–Crippen MR) is 128 cm³/mol. The molecule has 148 valence electrons. The fourth-order valence-corrected chi connectivity index (χ4v) is 3.18. The summed E-state index contributed by atoms with van der Waals surface area (Å²) in [6.07, 6.45) is 0. The number of rotatable bonds is 4. The fourth-order valence-electron chi connectivity index (χ4n) is 3.18. The Labute approximate surface area is 184 Å². The Hall–Kier alpha value is -4.04. The standard InChI is InChI=1S/C30H22O/c1-3-11-27(12-4-1)29-19-15-25(16-20-29)9-7-23-31-24-8-10-26-17-21-30(22-18-26)28-13-5-2-6-14-28/h1-6,11-22H,23-24H2. The van der Waals surface area contributed by atoms with E-state index in [-0.39, 0.29) is 0 Å². The van der Waals surface area contributed by atoms with Crippen LogP contribution in [0.25, 0.3) is 22.3 Å². The highest BCUT2D eigenvalue weighted by Crippen LogP contribution is 2.19. The topological polar surface area (TPSA) is 9.23 Å². The maximum absolute atomic E-state index is 5.52. The van der Waals surface area contributed by atoms with Gasteiger partial charge in [0, 0.05) is 11.1 Å². The molecule has 0 radical (unpaired) electrons. The van der Waals surface area contributed by atoms with E-state index in [0.717, 1.165) is 11.1 Å². The van der Waals surface area contributed by atoms with E-state index in [1.165, 1.54) is 22.3 Å². The van der Waals surface area contributed by atoms with Gasteiger partial charge in [0.05, 0.1) is 0 Å². The molecule has 4 rings (SSSR count). The van der Waals surface area contributed by atoms with Crippen molar-refractivity contribution >= 4 is 0 Å². The first-order valence-corrected chi connectivity index (χ1v) is 10.2. The van der Waals surface area contributed by atoms with Crippen molar-refractivity contribution in [3.8, 4) is 45.9 Å². The second-order valence-electron chi connectivity index (χ2n) is 6.98. The van der Waals surface area contributed by atoms with Crippen LogP contribution in [-0.2, 0) is 4.74 Å². The summed E-state index contributed by atoms with van der Waals surface area (Å²) in [4.78, 5) is 0. The van der Waals surface area contributed by atoms with Crippen LogP contribution in [0.5, 0.6) is 0 Å². The van der Waals surface area contributed by atoms with E-state index in [1.54, 1.807) is 0 Å². The van der Waals surface area contributed by atoms with Gasteiger partial charge < -0.3 is 4.74 Å². The minimum atomic E-state index is 0.363. The molecular formula is C30H22O. The lowest BCUT2D eigenvalue weighted by molar-refractivity contribution is 0.204. The Kier molecular flexibility index (Phi) is 6.96. The highest BCUT2D eigenvalue weighted by Gasteiger charge is 1.96. The van der Waals surface area contributed by atoms with Crippen molar-refractivity contribution in [3.05, 3.63) is 120 Å². The molecule has 1 nitrogen and oxygen atoms in total. The van der Waals surface area contributed by atoms with Crippen molar-refractivity contribution in [2.75, 3.05) is 13.2 Å². The normalized spacial score (nSPS) is 9.81. The van der Waals surface area contributed by atoms with Crippen LogP contribution in [-0.4, -0.2) is 13.2 Å². The van der Waals surface area contributed by atoms with Gasteiger partial charge in [0.1, 0.15) is 13.2 Å².